The lowest BCUT2D eigenvalue weighted by atomic mass is 10.3. The maximum atomic E-state index is 12.6. The summed E-state index contributed by atoms with van der Waals surface area (Å²) < 4.78 is 3.77. The molecule has 10 heteroatoms. The number of hydrogen-bond acceptors (Lipinski definition) is 4. The Bertz CT molecular complexity index is 1040. The minimum Gasteiger partial charge on any atom is -0.349 e. The summed E-state index contributed by atoms with van der Waals surface area (Å²) >= 11 is 0. The maximum Gasteiger partial charge on any atom is 0.246 e. The van der Waals surface area contributed by atoms with Crippen LogP contribution in [0.1, 0.15) is 5.82 Å². The van der Waals surface area contributed by atoms with Crippen molar-refractivity contribution >= 4 is 52.6 Å². The van der Waals surface area contributed by atoms with E-state index in [0.717, 1.165) is 22.5 Å². The Hall–Kier alpha value is -2.63. The number of carbonyl (C=O) groups excluding carboxylic acids is 1. The molecule has 29 heavy (non-hydrogen) atoms. The number of hydrogen-bond donors (Lipinski definition) is 1. The van der Waals surface area contributed by atoms with E-state index in [1.165, 1.54) is 0 Å². The van der Waals surface area contributed by atoms with E-state index in [1.807, 2.05) is 43.4 Å². The van der Waals surface area contributed by atoms with E-state index in [9.17, 15) is 4.79 Å². The van der Waals surface area contributed by atoms with Gasteiger partial charge in [-0.3, -0.25) is 14.5 Å². The van der Waals surface area contributed by atoms with Crippen LogP contribution in [-0.4, -0.2) is 62.8 Å². The SMILES string of the molecule is CN=C(NCc1nc2ccccc2n1C)N1CCN(c2cnn(C)c2)C(=O)C1.I. The van der Waals surface area contributed by atoms with Crippen LogP contribution in [-0.2, 0) is 25.4 Å². The van der Waals surface area contributed by atoms with E-state index in [2.05, 4.69) is 31.0 Å². The molecule has 2 aromatic heterocycles. The number of aromatic nitrogens is 4. The Morgan fingerprint density at radius 2 is 2.03 bits per heavy atom. The van der Waals surface area contributed by atoms with Gasteiger partial charge in [0.05, 0.1) is 29.5 Å². The average Bonchev–Trinajstić information content (AvgIpc) is 3.26. The minimum atomic E-state index is 0. The second kappa shape index (κ2) is 8.80. The first kappa shape index (κ1) is 21.1. The molecule has 0 bridgehead atoms. The van der Waals surface area contributed by atoms with Crippen molar-refractivity contribution in [1.29, 1.82) is 0 Å². The van der Waals surface area contributed by atoms with Gasteiger partial charge in [-0.2, -0.15) is 5.10 Å². The number of benzene rings is 1. The lowest BCUT2D eigenvalue weighted by molar-refractivity contribution is -0.120. The summed E-state index contributed by atoms with van der Waals surface area (Å²) in [6, 6.07) is 8.05. The number of anilines is 1. The second-order valence-electron chi connectivity index (χ2n) is 6.82. The number of amides is 1. The van der Waals surface area contributed by atoms with E-state index in [1.54, 1.807) is 22.8 Å². The number of carbonyl (C=O) groups is 1. The zero-order chi connectivity index (χ0) is 19.7. The van der Waals surface area contributed by atoms with Crippen LogP contribution in [0.2, 0.25) is 0 Å². The number of fused-ring (bicyclic) bond motifs is 1. The first-order valence-electron chi connectivity index (χ1n) is 9.22. The number of piperazine rings is 1. The number of halogens is 1. The topological polar surface area (TPSA) is 83.6 Å². The molecule has 1 amide bonds. The van der Waals surface area contributed by atoms with Gasteiger partial charge in [0.1, 0.15) is 12.4 Å². The van der Waals surface area contributed by atoms with Crippen molar-refractivity contribution in [3.63, 3.8) is 0 Å². The summed E-state index contributed by atoms with van der Waals surface area (Å²) in [5, 5.41) is 7.49. The molecule has 0 radical (unpaired) electrons. The lowest BCUT2D eigenvalue weighted by Crippen LogP contribution is -2.55. The highest BCUT2D eigenvalue weighted by Gasteiger charge is 2.27. The fraction of sp³-hybridized carbons (Fsp3) is 0.368. The Labute approximate surface area is 186 Å². The molecule has 0 atom stereocenters. The number of aryl methyl sites for hydroxylation is 2. The maximum absolute atomic E-state index is 12.6. The quantitative estimate of drug-likeness (QED) is 0.328. The zero-order valence-electron chi connectivity index (χ0n) is 16.7. The molecule has 1 fully saturated rings. The van der Waals surface area contributed by atoms with Gasteiger partial charge in [-0.15, -0.1) is 24.0 Å². The molecule has 1 N–H and O–H groups in total. The zero-order valence-corrected chi connectivity index (χ0v) is 19.1. The molecule has 3 heterocycles. The van der Waals surface area contributed by atoms with Crippen LogP contribution in [0, 0.1) is 0 Å². The molecular formula is C19H25IN8O. The van der Waals surface area contributed by atoms with Crippen LogP contribution in [0.3, 0.4) is 0 Å². The van der Waals surface area contributed by atoms with Crippen molar-refractivity contribution in [2.24, 2.45) is 19.1 Å². The Morgan fingerprint density at radius 3 is 2.69 bits per heavy atom. The monoisotopic (exact) mass is 508 g/mol. The Kier molecular flexibility index (Phi) is 6.40. The molecule has 0 spiro atoms. The number of rotatable bonds is 3. The summed E-state index contributed by atoms with van der Waals surface area (Å²) in [6.07, 6.45) is 3.57. The predicted octanol–water partition coefficient (Wildman–Crippen LogP) is 1.35. The van der Waals surface area contributed by atoms with Crippen LogP contribution < -0.4 is 10.2 Å². The summed E-state index contributed by atoms with van der Waals surface area (Å²) in [5.41, 5.74) is 2.89. The van der Waals surface area contributed by atoms with Crippen LogP contribution >= 0.6 is 24.0 Å². The van der Waals surface area contributed by atoms with Gasteiger partial charge in [0.15, 0.2) is 5.96 Å². The van der Waals surface area contributed by atoms with Gasteiger partial charge in [-0.1, -0.05) is 12.1 Å². The minimum absolute atomic E-state index is 0. The molecule has 0 aliphatic carbocycles. The highest BCUT2D eigenvalue weighted by Crippen LogP contribution is 2.17. The molecule has 0 saturated carbocycles. The van der Waals surface area contributed by atoms with Crippen molar-refractivity contribution in [3.8, 4) is 0 Å². The molecule has 1 aromatic carbocycles. The van der Waals surface area contributed by atoms with Gasteiger partial charge in [0.25, 0.3) is 0 Å². The third-order valence-corrected chi connectivity index (χ3v) is 5.02. The van der Waals surface area contributed by atoms with Crippen LogP contribution in [0.5, 0.6) is 0 Å². The third kappa shape index (κ3) is 4.21. The molecule has 4 rings (SSSR count). The molecule has 1 saturated heterocycles. The normalized spacial score (nSPS) is 15.0. The van der Waals surface area contributed by atoms with Crippen LogP contribution in [0.15, 0.2) is 41.7 Å². The van der Waals surface area contributed by atoms with Gasteiger partial charge in [0.2, 0.25) is 5.91 Å². The number of guanidine groups is 1. The van der Waals surface area contributed by atoms with Crippen molar-refractivity contribution in [2.45, 2.75) is 6.54 Å². The summed E-state index contributed by atoms with van der Waals surface area (Å²) in [4.78, 5) is 25.4. The van der Waals surface area contributed by atoms with Gasteiger partial charge < -0.3 is 19.7 Å². The van der Waals surface area contributed by atoms with Crippen molar-refractivity contribution < 1.29 is 4.79 Å². The first-order chi connectivity index (χ1) is 13.6. The molecule has 0 unspecified atom stereocenters. The number of aliphatic imine (C=N–C) groups is 1. The molecule has 1 aliphatic heterocycles. The number of nitrogens with zero attached hydrogens (tertiary/aromatic N) is 7. The second-order valence-corrected chi connectivity index (χ2v) is 6.82. The lowest BCUT2D eigenvalue weighted by Gasteiger charge is -2.35. The van der Waals surface area contributed by atoms with E-state index in [-0.39, 0.29) is 36.4 Å². The van der Waals surface area contributed by atoms with E-state index < -0.39 is 0 Å². The number of para-hydroxylation sites is 2. The standard InChI is InChI=1S/C19H24N8O.HI/c1-20-19(21-11-17-23-15-6-4-5-7-16(15)25(17)3)26-8-9-27(18(28)13-26)14-10-22-24(2)12-14;/h4-7,10,12H,8-9,11,13H2,1-3H3,(H,20,21);1H. The molecule has 9 nitrogen and oxygen atoms in total. The largest absolute Gasteiger partial charge is 0.349 e. The highest BCUT2D eigenvalue weighted by atomic mass is 127. The van der Waals surface area contributed by atoms with Gasteiger partial charge >= 0.3 is 0 Å². The van der Waals surface area contributed by atoms with Crippen LogP contribution in [0.4, 0.5) is 5.69 Å². The third-order valence-electron chi connectivity index (χ3n) is 5.02. The smallest absolute Gasteiger partial charge is 0.246 e. The Balaban J connectivity index is 0.00000240. The summed E-state index contributed by atoms with van der Waals surface area (Å²) in [7, 11) is 5.58. The van der Waals surface area contributed by atoms with Crippen molar-refractivity contribution in [1.82, 2.24) is 29.5 Å². The Morgan fingerprint density at radius 1 is 1.24 bits per heavy atom. The summed E-state index contributed by atoms with van der Waals surface area (Å²) in [6.45, 7) is 2.10. The van der Waals surface area contributed by atoms with Gasteiger partial charge in [0, 0.05) is 40.4 Å². The predicted molar refractivity (Wildman–Crippen MR) is 123 cm³/mol. The van der Waals surface area contributed by atoms with E-state index in [0.29, 0.717) is 25.6 Å². The van der Waals surface area contributed by atoms with Crippen molar-refractivity contribution in [3.05, 3.63) is 42.5 Å². The van der Waals surface area contributed by atoms with E-state index >= 15 is 0 Å². The number of imidazole rings is 1. The first-order valence-corrected chi connectivity index (χ1v) is 9.22. The van der Waals surface area contributed by atoms with Gasteiger partial charge in [-0.05, 0) is 12.1 Å². The fourth-order valence-corrected chi connectivity index (χ4v) is 3.52. The van der Waals surface area contributed by atoms with Gasteiger partial charge in [-0.25, -0.2) is 4.98 Å². The number of nitrogens with one attached hydrogen (secondary N) is 1. The van der Waals surface area contributed by atoms with Crippen LogP contribution in [0.25, 0.3) is 11.0 Å². The molecule has 154 valence electrons. The van der Waals surface area contributed by atoms with Crippen molar-refractivity contribution in [2.75, 3.05) is 31.6 Å². The fourth-order valence-electron chi connectivity index (χ4n) is 3.52. The molecule has 3 aromatic rings. The van der Waals surface area contributed by atoms with E-state index in [4.69, 9.17) is 0 Å². The highest BCUT2D eigenvalue weighted by molar-refractivity contribution is 14.0. The average molecular weight is 508 g/mol. The summed E-state index contributed by atoms with van der Waals surface area (Å²) in [5.74, 6) is 1.65. The molecule has 1 aliphatic rings. The molecular weight excluding hydrogens is 483 g/mol.